The van der Waals surface area contributed by atoms with Crippen LogP contribution in [0.2, 0.25) is 10.0 Å². The smallest absolute Gasteiger partial charge is 0.255 e. The fourth-order valence-electron chi connectivity index (χ4n) is 3.94. The summed E-state index contributed by atoms with van der Waals surface area (Å²) < 4.78 is 5.47. The van der Waals surface area contributed by atoms with Gasteiger partial charge in [0.1, 0.15) is 11.6 Å². The highest BCUT2D eigenvalue weighted by molar-refractivity contribution is 6.32. The van der Waals surface area contributed by atoms with Gasteiger partial charge in [-0.2, -0.15) is 0 Å². The van der Waals surface area contributed by atoms with Crippen LogP contribution in [0.4, 0.5) is 11.4 Å². The molecule has 0 bridgehead atoms. The quantitative estimate of drug-likeness (QED) is 0.632. The number of piperidine rings is 1. The van der Waals surface area contributed by atoms with E-state index in [4.69, 9.17) is 38.7 Å². The zero-order valence-corrected chi connectivity index (χ0v) is 18.8. The van der Waals surface area contributed by atoms with E-state index < -0.39 is 5.91 Å². The number of nitrogens with two attached hydrogens (primary N) is 1. The van der Waals surface area contributed by atoms with Gasteiger partial charge in [0.25, 0.3) is 5.91 Å². The molecule has 4 N–H and O–H groups in total. The number of hydrogen-bond donors (Lipinski definition) is 3. The first-order chi connectivity index (χ1) is 14.8. The summed E-state index contributed by atoms with van der Waals surface area (Å²) in [7, 11) is 2.12. The van der Waals surface area contributed by atoms with Crippen molar-refractivity contribution in [2.45, 2.75) is 24.9 Å². The van der Waals surface area contributed by atoms with Crippen LogP contribution >= 0.6 is 23.2 Å². The SMILES string of the molecule is CN1CCC2(CC1)Nc1cc(OCC(N)=O)c(Cl)cc1N=C2NCc1cccc(Cl)c1. The molecule has 164 valence electrons. The molecule has 7 nitrogen and oxygen atoms in total. The van der Waals surface area contributed by atoms with Gasteiger partial charge in [0, 0.05) is 30.7 Å². The first kappa shape index (κ1) is 21.7. The molecule has 0 atom stereocenters. The number of amidine groups is 1. The molecule has 2 aliphatic rings. The van der Waals surface area contributed by atoms with Crippen LogP contribution in [0.5, 0.6) is 5.75 Å². The molecule has 4 rings (SSSR count). The van der Waals surface area contributed by atoms with E-state index in [1.807, 2.05) is 24.3 Å². The molecule has 31 heavy (non-hydrogen) atoms. The van der Waals surface area contributed by atoms with Crippen molar-refractivity contribution in [3.05, 3.63) is 52.0 Å². The number of nitrogens with one attached hydrogen (secondary N) is 2. The lowest BCUT2D eigenvalue weighted by atomic mass is 9.84. The van der Waals surface area contributed by atoms with Crippen molar-refractivity contribution in [2.24, 2.45) is 10.7 Å². The average molecular weight is 462 g/mol. The number of likely N-dealkylation sites (tertiary alicyclic amines) is 1. The number of aliphatic imine (C=N–C) groups is 1. The molecule has 2 aromatic rings. The maximum Gasteiger partial charge on any atom is 0.255 e. The van der Waals surface area contributed by atoms with Crippen molar-refractivity contribution >= 4 is 46.3 Å². The minimum atomic E-state index is -0.556. The number of carbonyl (C=O) groups excluding carboxylic acids is 1. The van der Waals surface area contributed by atoms with Crippen LogP contribution in [0.15, 0.2) is 41.4 Å². The second kappa shape index (κ2) is 8.94. The van der Waals surface area contributed by atoms with Crippen molar-refractivity contribution < 1.29 is 9.53 Å². The van der Waals surface area contributed by atoms with Crippen molar-refractivity contribution in [1.29, 1.82) is 0 Å². The number of halogens is 2. The van der Waals surface area contributed by atoms with Crippen LogP contribution in [0, 0.1) is 0 Å². The van der Waals surface area contributed by atoms with Crippen molar-refractivity contribution in [3.63, 3.8) is 0 Å². The molecule has 2 heterocycles. The Bertz CT molecular complexity index is 1020. The molecule has 0 aromatic heterocycles. The molecular weight excluding hydrogens is 437 g/mol. The zero-order chi connectivity index (χ0) is 22.0. The number of anilines is 1. The number of amides is 1. The first-order valence-electron chi connectivity index (χ1n) is 10.1. The van der Waals surface area contributed by atoms with Gasteiger partial charge in [0.15, 0.2) is 6.61 Å². The third-order valence-corrected chi connectivity index (χ3v) is 6.20. The zero-order valence-electron chi connectivity index (χ0n) is 17.3. The first-order valence-corrected chi connectivity index (χ1v) is 10.9. The minimum absolute atomic E-state index is 0.232. The van der Waals surface area contributed by atoms with Gasteiger partial charge in [-0.15, -0.1) is 0 Å². The van der Waals surface area contributed by atoms with Gasteiger partial charge >= 0.3 is 0 Å². The van der Waals surface area contributed by atoms with Crippen LogP contribution in [0.1, 0.15) is 18.4 Å². The van der Waals surface area contributed by atoms with E-state index in [0.29, 0.717) is 22.3 Å². The molecule has 9 heteroatoms. The summed E-state index contributed by atoms with van der Waals surface area (Å²) in [6.45, 7) is 2.27. The fraction of sp³-hybridized carbons (Fsp3) is 0.364. The van der Waals surface area contributed by atoms with E-state index in [2.05, 4.69) is 22.6 Å². The molecule has 2 aliphatic heterocycles. The standard InChI is InChI=1S/C22H25Cl2N5O2/c1-29-7-5-22(6-8-29)21(26-12-14-3-2-4-15(23)9-14)27-17-10-16(24)19(11-18(17)28-22)31-13-20(25)30/h2-4,9-11,28H,5-8,12-13H2,1H3,(H2,25,30)(H,26,27). The summed E-state index contributed by atoms with van der Waals surface area (Å²) in [6, 6.07) is 11.3. The Labute approximate surface area is 191 Å². The molecule has 1 spiro atoms. The largest absolute Gasteiger partial charge is 0.482 e. The highest BCUT2D eigenvalue weighted by Gasteiger charge is 2.41. The molecule has 1 saturated heterocycles. The summed E-state index contributed by atoms with van der Waals surface area (Å²) in [5.41, 5.74) is 7.49. The number of benzene rings is 2. The third-order valence-electron chi connectivity index (χ3n) is 5.67. The number of rotatable bonds is 5. The Hall–Kier alpha value is -2.48. The lowest BCUT2D eigenvalue weighted by molar-refractivity contribution is -0.119. The lowest BCUT2D eigenvalue weighted by Gasteiger charge is -2.45. The Morgan fingerprint density at radius 2 is 2.06 bits per heavy atom. The van der Waals surface area contributed by atoms with Crippen LogP contribution in [-0.2, 0) is 11.3 Å². The van der Waals surface area contributed by atoms with Crippen LogP contribution < -0.4 is 21.1 Å². The van der Waals surface area contributed by atoms with Crippen LogP contribution in [-0.4, -0.2) is 48.9 Å². The number of ether oxygens (including phenoxy) is 1. The number of nitrogens with zero attached hydrogens (tertiary/aromatic N) is 2. The molecule has 0 radical (unpaired) electrons. The van der Waals surface area contributed by atoms with Gasteiger partial charge in [-0.05, 0) is 43.7 Å². The number of fused-ring (bicyclic) bond motifs is 1. The van der Waals surface area contributed by atoms with Crippen molar-refractivity contribution in [1.82, 2.24) is 10.2 Å². The van der Waals surface area contributed by atoms with Gasteiger partial charge in [0.05, 0.1) is 21.9 Å². The molecule has 0 aliphatic carbocycles. The highest BCUT2D eigenvalue weighted by atomic mass is 35.5. The Balaban J connectivity index is 1.64. The Morgan fingerprint density at radius 1 is 1.29 bits per heavy atom. The number of carbonyl (C=O) groups is 1. The van der Waals surface area contributed by atoms with Crippen LogP contribution in [0.25, 0.3) is 0 Å². The third kappa shape index (κ3) is 4.89. The maximum atomic E-state index is 11.1. The van der Waals surface area contributed by atoms with E-state index in [0.717, 1.165) is 48.7 Å². The van der Waals surface area contributed by atoms with Gasteiger partial charge in [-0.25, -0.2) is 4.99 Å². The summed E-state index contributed by atoms with van der Waals surface area (Å²) in [4.78, 5) is 18.3. The van der Waals surface area contributed by atoms with Crippen molar-refractivity contribution in [2.75, 3.05) is 32.1 Å². The van der Waals surface area contributed by atoms with Crippen LogP contribution in [0.3, 0.4) is 0 Å². The van der Waals surface area contributed by atoms with E-state index in [1.165, 1.54) is 0 Å². The van der Waals surface area contributed by atoms with Gasteiger partial charge < -0.3 is 26.0 Å². The summed E-state index contributed by atoms with van der Waals surface area (Å²) >= 11 is 12.5. The predicted octanol–water partition coefficient (Wildman–Crippen LogP) is 3.57. The van der Waals surface area contributed by atoms with Gasteiger partial charge in [-0.3, -0.25) is 4.79 Å². The second-order valence-corrected chi connectivity index (χ2v) is 8.85. The summed E-state index contributed by atoms with van der Waals surface area (Å²) in [5.74, 6) is 0.731. The van der Waals surface area contributed by atoms with E-state index in [9.17, 15) is 4.79 Å². The second-order valence-electron chi connectivity index (χ2n) is 8.01. The number of hydrogen-bond acceptors (Lipinski definition) is 6. The van der Waals surface area contributed by atoms with Gasteiger partial charge in [0.2, 0.25) is 0 Å². The molecule has 0 unspecified atom stereocenters. The molecule has 2 aromatic carbocycles. The Morgan fingerprint density at radius 3 is 2.77 bits per heavy atom. The van der Waals surface area contributed by atoms with E-state index in [-0.39, 0.29) is 12.1 Å². The molecular formula is C22H25Cl2N5O2. The molecule has 1 fully saturated rings. The monoisotopic (exact) mass is 461 g/mol. The number of primary amides is 1. The summed E-state index contributed by atoms with van der Waals surface area (Å²) in [5, 5.41) is 8.30. The Kier molecular flexibility index (Phi) is 6.27. The minimum Gasteiger partial charge on any atom is -0.482 e. The molecule has 0 saturated carbocycles. The maximum absolute atomic E-state index is 11.1. The summed E-state index contributed by atoms with van der Waals surface area (Å²) in [6.07, 6.45) is 1.79. The lowest BCUT2D eigenvalue weighted by Crippen LogP contribution is -2.58. The fourth-order valence-corrected chi connectivity index (χ4v) is 4.37. The molecule has 1 amide bonds. The predicted molar refractivity (Wildman–Crippen MR) is 125 cm³/mol. The van der Waals surface area contributed by atoms with Gasteiger partial charge in [-0.1, -0.05) is 35.3 Å². The van der Waals surface area contributed by atoms with Crippen molar-refractivity contribution in [3.8, 4) is 5.75 Å². The normalized spacial score (nSPS) is 17.5. The van der Waals surface area contributed by atoms with E-state index >= 15 is 0 Å². The van der Waals surface area contributed by atoms with E-state index in [1.54, 1.807) is 12.1 Å². The highest BCUT2D eigenvalue weighted by Crippen LogP contribution is 2.43. The topological polar surface area (TPSA) is 92.0 Å². The average Bonchev–Trinajstić information content (AvgIpc) is 2.73.